The van der Waals surface area contributed by atoms with Crippen LogP contribution in [0.15, 0.2) is 72.9 Å². The summed E-state index contributed by atoms with van der Waals surface area (Å²) in [7, 11) is 0. The molecule has 0 bridgehead atoms. The molecule has 356 valence electrons. The number of ether oxygens (including phenoxy) is 3. The van der Waals surface area contributed by atoms with Crippen molar-refractivity contribution in [3.63, 3.8) is 0 Å². The van der Waals surface area contributed by atoms with Crippen molar-refractivity contribution in [3.8, 4) is 0 Å². The van der Waals surface area contributed by atoms with Crippen LogP contribution in [0.3, 0.4) is 0 Å². The first-order valence-electron chi connectivity index (χ1n) is 26.0. The van der Waals surface area contributed by atoms with Gasteiger partial charge >= 0.3 is 17.9 Å². The van der Waals surface area contributed by atoms with Gasteiger partial charge in [0.15, 0.2) is 6.10 Å². The smallest absolute Gasteiger partial charge is 0.306 e. The van der Waals surface area contributed by atoms with Crippen molar-refractivity contribution in [2.75, 3.05) is 13.2 Å². The molecule has 6 heteroatoms. The summed E-state index contributed by atoms with van der Waals surface area (Å²) >= 11 is 0. The molecule has 1 unspecified atom stereocenters. The van der Waals surface area contributed by atoms with Crippen molar-refractivity contribution in [1.82, 2.24) is 0 Å². The van der Waals surface area contributed by atoms with Gasteiger partial charge in [0, 0.05) is 19.3 Å². The molecule has 0 aromatic rings. The summed E-state index contributed by atoms with van der Waals surface area (Å²) in [6.07, 6.45) is 63.0. The highest BCUT2D eigenvalue weighted by molar-refractivity contribution is 5.71. The Morgan fingerprint density at radius 2 is 0.629 bits per heavy atom. The maximum Gasteiger partial charge on any atom is 0.306 e. The highest BCUT2D eigenvalue weighted by Crippen LogP contribution is 2.15. The van der Waals surface area contributed by atoms with E-state index in [1.165, 1.54) is 109 Å². The van der Waals surface area contributed by atoms with Gasteiger partial charge in [-0.3, -0.25) is 14.4 Å². The second-order valence-electron chi connectivity index (χ2n) is 17.2. The number of hydrogen-bond donors (Lipinski definition) is 0. The van der Waals surface area contributed by atoms with Crippen LogP contribution in [0.1, 0.15) is 245 Å². The molecule has 0 amide bonds. The average molecular weight is 865 g/mol. The predicted molar refractivity (Wildman–Crippen MR) is 265 cm³/mol. The molecule has 0 fully saturated rings. The maximum absolute atomic E-state index is 12.8. The zero-order chi connectivity index (χ0) is 45.1. The summed E-state index contributed by atoms with van der Waals surface area (Å²) in [5.41, 5.74) is 0. The van der Waals surface area contributed by atoms with Gasteiger partial charge in [-0.2, -0.15) is 0 Å². The average Bonchev–Trinajstić information content (AvgIpc) is 3.27. The van der Waals surface area contributed by atoms with Gasteiger partial charge in [0.25, 0.3) is 0 Å². The zero-order valence-corrected chi connectivity index (χ0v) is 40.6. The van der Waals surface area contributed by atoms with E-state index in [2.05, 4.69) is 75.5 Å². The van der Waals surface area contributed by atoms with E-state index in [9.17, 15) is 14.4 Å². The Labute approximate surface area is 382 Å². The van der Waals surface area contributed by atoms with Crippen LogP contribution in [0.2, 0.25) is 0 Å². The van der Waals surface area contributed by atoms with E-state index >= 15 is 0 Å². The number of rotatable bonds is 46. The Bertz CT molecular complexity index is 1180. The second kappa shape index (κ2) is 50.5. The topological polar surface area (TPSA) is 78.9 Å². The molecular weight excluding hydrogens is 769 g/mol. The number of esters is 3. The van der Waals surface area contributed by atoms with Crippen molar-refractivity contribution in [3.05, 3.63) is 72.9 Å². The minimum absolute atomic E-state index is 0.0865. The zero-order valence-electron chi connectivity index (χ0n) is 40.6. The minimum atomic E-state index is -0.789. The van der Waals surface area contributed by atoms with Crippen LogP contribution < -0.4 is 0 Å². The third-order valence-corrected chi connectivity index (χ3v) is 11.1. The summed E-state index contributed by atoms with van der Waals surface area (Å²) in [5.74, 6) is -0.919. The number of carbonyl (C=O) groups is 3. The van der Waals surface area contributed by atoms with Crippen LogP contribution in [0.4, 0.5) is 0 Å². The van der Waals surface area contributed by atoms with Crippen molar-refractivity contribution in [1.29, 1.82) is 0 Å². The van der Waals surface area contributed by atoms with Crippen LogP contribution >= 0.6 is 0 Å². The molecule has 0 heterocycles. The van der Waals surface area contributed by atoms with Gasteiger partial charge in [-0.25, -0.2) is 0 Å². The van der Waals surface area contributed by atoms with Crippen LogP contribution in [-0.2, 0) is 28.6 Å². The normalized spacial score (nSPS) is 12.6. The summed E-state index contributed by atoms with van der Waals surface area (Å²) in [6.45, 7) is 6.45. The Morgan fingerprint density at radius 3 is 1.03 bits per heavy atom. The number of carbonyl (C=O) groups excluding carboxylic acids is 3. The molecule has 0 aromatic heterocycles. The molecule has 0 aromatic carbocycles. The van der Waals surface area contributed by atoms with Crippen molar-refractivity contribution in [2.24, 2.45) is 0 Å². The summed E-state index contributed by atoms with van der Waals surface area (Å²) in [5, 5.41) is 0. The molecule has 0 radical (unpaired) electrons. The van der Waals surface area contributed by atoms with E-state index in [-0.39, 0.29) is 31.1 Å². The largest absolute Gasteiger partial charge is 0.462 e. The fourth-order valence-corrected chi connectivity index (χ4v) is 7.15. The van der Waals surface area contributed by atoms with Gasteiger partial charge in [-0.1, -0.05) is 235 Å². The van der Waals surface area contributed by atoms with E-state index in [1.54, 1.807) is 0 Å². The van der Waals surface area contributed by atoms with Crippen LogP contribution in [0.25, 0.3) is 0 Å². The Kier molecular flexibility index (Phi) is 47.9. The van der Waals surface area contributed by atoms with Gasteiger partial charge < -0.3 is 14.2 Å². The summed E-state index contributed by atoms with van der Waals surface area (Å²) < 4.78 is 16.8. The van der Waals surface area contributed by atoms with Crippen LogP contribution in [0, 0.1) is 0 Å². The van der Waals surface area contributed by atoms with Crippen molar-refractivity contribution < 1.29 is 28.6 Å². The SMILES string of the molecule is CC\C=C/C=C\C=C/C=C\CCCCCCCC(=O)OCC(COC(=O)CCCCCCCCCCCCCCCC)OC(=O)CCCCCCCC/C=C\C=C/CCCCC. The standard InChI is InChI=1S/C56H96O6/c1-4-7-10-13-16-19-22-25-28-31-34-37-40-43-46-49-55(58)61-52-53(51-60-54(57)48-45-42-39-36-33-30-27-24-21-18-15-12-9-6-3)62-56(59)50-47-44-41-38-35-32-29-26-23-20-17-14-11-8-5-2/h7,10,13,16-17,19-20,22-23,25-26,28,53H,4-6,8-9,11-12,14-15,18,21,24,27,29-52H2,1-3H3/b10-7-,16-13-,20-17-,22-19-,26-23-,28-25-. The van der Waals surface area contributed by atoms with Crippen molar-refractivity contribution >= 4 is 17.9 Å². The lowest BCUT2D eigenvalue weighted by atomic mass is 10.0. The molecule has 0 N–H and O–H groups in total. The molecule has 6 nitrogen and oxygen atoms in total. The second-order valence-corrected chi connectivity index (χ2v) is 17.2. The van der Waals surface area contributed by atoms with E-state index < -0.39 is 6.10 Å². The lowest BCUT2D eigenvalue weighted by Gasteiger charge is -2.18. The first-order chi connectivity index (χ1) is 30.5. The van der Waals surface area contributed by atoms with E-state index in [1.807, 2.05) is 18.2 Å². The Morgan fingerprint density at radius 1 is 0.339 bits per heavy atom. The molecule has 0 spiro atoms. The molecule has 0 aliphatic rings. The van der Waals surface area contributed by atoms with E-state index in [4.69, 9.17) is 14.2 Å². The fourth-order valence-electron chi connectivity index (χ4n) is 7.15. The molecule has 0 saturated carbocycles. The van der Waals surface area contributed by atoms with Gasteiger partial charge in [0.1, 0.15) is 13.2 Å². The number of unbranched alkanes of at least 4 members (excludes halogenated alkanes) is 27. The Balaban J connectivity index is 4.44. The third-order valence-electron chi connectivity index (χ3n) is 11.1. The first kappa shape index (κ1) is 58.9. The van der Waals surface area contributed by atoms with Crippen LogP contribution in [-0.4, -0.2) is 37.2 Å². The lowest BCUT2D eigenvalue weighted by molar-refractivity contribution is -0.167. The predicted octanol–water partition coefficient (Wildman–Crippen LogP) is 17.0. The highest BCUT2D eigenvalue weighted by Gasteiger charge is 2.19. The van der Waals surface area contributed by atoms with Gasteiger partial charge in [0.05, 0.1) is 0 Å². The van der Waals surface area contributed by atoms with Gasteiger partial charge in [0.2, 0.25) is 0 Å². The quantitative estimate of drug-likeness (QED) is 0.0262. The third kappa shape index (κ3) is 47.9. The maximum atomic E-state index is 12.8. The first-order valence-corrected chi connectivity index (χ1v) is 26.0. The van der Waals surface area contributed by atoms with E-state index in [0.29, 0.717) is 19.3 Å². The van der Waals surface area contributed by atoms with Crippen LogP contribution in [0.5, 0.6) is 0 Å². The molecule has 0 saturated heterocycles. The molecule has 0 rings (SSSR count). The molecule has 0 aliphatic heterocycles. The number of hydrogen-bond acceptors (Lipinski definition) is 6. The highest BCUT2D eigenvalue weighted by atomic mass is 16.6. The summed E-state index contributed by atoms with van der Waals surface area (Å²) in [4.78, 5) is 38.0. The monoisotopic (exact) mass is 865 g/mol. The van der Waals surface area contributed by atoms with Crippen molar-refractivity contribution in [2.45, 2.75) is 252 Å². The van der Waals surface area contributed by atoms with E-state index in [0.717, 1.165) is 96.3 Å². The fraction of sp³-hybridized carbons (Fsp3) is 0.732. The lowest BCUT2D eigenvalue weighted by Crippen LogP contribution is -2.30. The minimum Gasteiger partial charge on any atom is -0.462 e. The number of allylic oxidation sites excluding steroid dienone is 12. The molecule has 0 aliphatic carbocycles. The molecule has 1 atom stereocenters. The van der Waals surface area contributed by atoms with Gasteiger partial charge in [-0.05, 0) is 64.2 Å². The Hall–Kier alpha value is -3.15. The van der Waals surface area contributed by atoms with Gasteiger partial charge in [-0.15, -0.1) is 0 Å². The summed E-state index contributed by atoms with van der Waals surface area (Å²) in [6, 6.07) is 0. The molecule has 62 heavy (non-hydrogen) atoms. The molecular formula is C56H96O6.